The third-order valence-electron chi connectivity index (χ3n) is 4.25. The number of sulfonamides is 1. The highest BCUT2D eigenvalue weighted by atomic mass is 32.2. The average Bonchev–Trinajstić information content (AvgIpc) is 2.90. The Morgan fingerprint density at radius 2 is 1.81 bits per heavy atom. The maximum absolute atomic E-state index is 12.7. The minimum atomic E-state index is -3.67. The number of anilines is 1. The lowest BCUT2D eigenvalue weighted by atomic mass is 10.0. The summed E-state index contributed by atoms with van der Waals surface area (Å²) in [6.45, 7) is 6.94. The molecule has 0 aliphatic heterocycles. The van der Waals surface area contributed by atoms with Crippen LogP contribution < -0.4 is 9.60 Å². The molecule has 1 heterocycles. The van der Waals surface area contributed by atoms with Crippen LogP contribution in [0.2, 0.25) is 0 Å². The summed E-state index contributed by atoms with van der Waals surface area (Å²) in [5.74, 6) is 0.518. The SMILES string of the molecule is CCCn1c(=O)sc2cc(NS(=O)(=O)c3ccc(CC(C)C)cc3)ccc21. The van der Waals surface area contributed by atoms with Crippen molar-refractivity contribution in [3.63, 3.8) is 0 Å². The lowest BCUT2D eigenvalue weighted by Crippen LogP contribution is -2.13. The summed E-state index contributed by atoms with van der Waals surface area (Å²) in [6.07, 6.45) is 1.78. The third-order valence-corrected chi connectivity index (χ3v) is 6.58. The molecule has 144 valence electrons. The first-order chi connectivity index (χ1) is 12.8. The van der Waals surface area contributed by atoms with Crippen molar-refractivity contribution < 1.29 is 8.42 Å². The smallest absolute Gasteiger partial charge is 0.299 e. The van der Waals surface area contributed by atoms with E-state index in [1.807, 2.05) is 19.1 Å². The van der Waals surface area contributed by atoms with Crippen molar-refractivity contribution in [2.24, 2.45) is 5.92 Å². The monoisotopic (exact) mass is 404 g/mol. The van der Waals surface area contributed by atoms with Crippen LogP contribution in [0.25, 0.3) is 10.2 Å². The van der Waals surface area contributed by atoms with Crippen molar-refractivity contribution in [1.82, 2.24) is 4.57 Å². The molecule has 5 nitrogen and oxygen atoms in total. The highest BCUT2D eigenvalue weighted by Crippen LogP contribution is 2.24. The zero-order valence-electron chi connectivity index (χ0n) is 15.7. The van der Waals surface area contributed by atoms with Crippen LogP contribution in [0.4, 0.5) is 5.69 Å². The second-order valence-electron chi connectivity index (χ2n) is 7.05. The van der Waals surface area contributed by atoms with Crippen molar-refractivity contribution in [3.05, 3.63) is 57.7 Å². The molecule has 1 N–H and O–H groups in total. The Morgan fingerprint density at radius 1 is 1.11 bits per heavy atom. The van der Waals surface area contributed by atoms with Gasteiger partial charge < -0.3 is 0 Å². The largest absolute Gasteiger partial charge is 0.308 e. The first-order valence-corrected chi connectivity index (χ1v) is 11.4. The fourth-order valence-electron chi connectivity index (χ4n) is 3.06. The van der Waals surface area contributed by atoms with E-state index in [0.29, 0.717) is 18.2 Å². The van der Waals surface area contributed by atoms with Crippen LogP contribution in [-0.2, 0) is 23.0 Å². The Labute approximate surface area is 163 Å². The molecule has 0 fully saturated rings. The molecule has 0 aliphatic carbocycles. The van der Waals surface area contributed by atoms with Gasteiger partial charge in [-0.15, -0.1) is 0 Å². The summed E-state index contributed by atoms with van der Waals surface area (Å²) >= 11 is 1.13. The van der Waals surface area contributed by atoms with Gasteiger partial charge in [-0.05, 0) is 54.7 Å². The van der Waals surface area contributed by atoms with E-state index in [-0.39, 0.29) is 9.77 Å². The van der Waals surface area contributed by atoms with Crippen LogP contribution in [0, 0.1) is 5.92 Å². The van der Waals surface area contributed by atoms with Gasteiger partial charge in [0, 0.05) is 6.54 Å². The number of hydrogen-bond donors (Lipinski definition) is 1. The summed E-state index contributed by atoms with van der Waals surface area (Å²) in [4.78, 5) is 12.3. The van der Waals surface area contributed by atoms with Gasteiger partial charge in [-0.25, -0.2) is 8.42 Å². The van der Waals surface area contributed by atoms with E-state index in [1.165, 1.54) is 0 Å². The Balaban J connectivity index is 1.86. The first kappa shape index (κ1) is 19.6. The van der Waals surface area contributed by atoms with E-state index in [4.69, 9.17) is 0 Å². The molecule has 1 aromatic heterocycles. The van der Waals surface area contributed by atoms with E-state index in [0.717, 1.165) is 40.0 Å². The summed E-state index contributed by atoms with van der Waals surface area (Å²) in [5.41, 5.74) is 2.42. The van der Waals surface area contributed by atoms with Gasteiger partial charge in [0.25, 0.3) is 10.0 Å². The quantitative estimate of drug-likeness (QED) is 0.632. The molecule has 0 saturated carbocycles. The molecule has 3 aromatic rings. The molecule has 27 heavy (non-hydrogen) atoms. The maximum atomic E-state index is 12.7. The lowest BCUT2D eigenvalue weighted by Gasteiger charge is -2.10. The van der Waals surface area contributed by atoms with Gasteiger partial charge in [-0.2, -0.15) is 0 Å². The summed E-state index contributed by atoms with van der Waals surface area (Å²) < 4.78 is 30.5. The fourth-order valence-corrected chi connectivity index (χ4v) is 5.06. The van der Waals surface area contributed by atoms with Gasteiger partial charge in [0.05, 0.1) is 20.8 Å². The molecular weight excluding hydrogens is 380 g/mol. The number of aromatic nitrogens is 1. The van der Waals surface area contributed by atoms with E-state index >= 15 is 0 Å². The Kier molecular flexibility index (Phi) is 5.72. The summed E-state index contributed by atoms with van der Waals surface area (Å²) in [5, 5.41) is 0. The van der Waals surface area contributed by atoms with E-state index in [2.05, 4.69) is 18.6 Å². The van der Waals surface area contributed by atoms with Crippen LogP contribution in [-0.4, -0.2) is 13.0 Å². The molecule has 3 rings (SSSR count). The van der Waals surface area contributed by atoms with Crippen molar-refractivity contribution in [1.29, 1.82) is 0 Å². The van der Waals surface area contributed by atoms with E-state index in [1.54, 1.807) is 34.9 Å². The van der Waals surface area contributed by atoms with Gasteiger partial charge >= 0.3 is 4.87 Å². The summed E-state index contributed by atoms with van der Waals surface area (Å²) in [7, 11) is -3.67. The van der Waals surface area contributed by atoms with Crippen molar-refractivity contribution in [2.45, 2.75) is 45.1 Å². The topological polar surface area (TPSA) is 68.2 Å². The van der Waals surface area contributed by atoms with Crippen LogP contribution in [0.3, 0.4) is 0 Å². The third kappa shape index (κ3) is 4.42. The molecule has 0 amide bonds. The van der Waals surface area contributed by atoms with Crippen LogP contribution >= 0.6 is 11.3 Å². The predicted molar refractivity (Wildman–Crippen MR) is 112 cm³/mol. The van der Waals surface area contributed by atoms with Gasteiger partial charge in [-0.1, -0.05) is 44.2 Å². The number of rotatable bonds is 7. The molecule has 0 atom stereocenters. The standard InChI is InChI=1S/C20H24N2O3S2/c1-4-11-22-18-10-7-16(13-19(18)26-20(22)23)21-27(24,25)17-8-5-15(6-9-17)12-14(2)3/h5-10,13-14,21H,4,11-12H2,1-3H3. The number of nitrogens with one attached hydrogen (secondary N) is 1. The number of aryl methyl sites for hydroxylation is 1. The average molecular weight is 405 g/mol. The first-order valence-electron chi connectivity index (χ1n) is 9.05. The van der Waals surface area contributed by atoms with Crippen molar-refractivity contribution in [3.8, 4) is 0 Å². The number of nitrogens with zero attached hydrogens (tertiary/aromatic N) is 1. The normalized spacial score (nSPS) is 12.0. The number of fused-ring (bicyclic) bond motifs is 1. The van der Waals surface area contributed by atoms with Crippen LogP contribution in [0.15, 0.2) is 52.2 Å². The van der Waals surface area contributed by atoms with Crippen molar-refractivity contribution >= 4 is 37.3 Å². The second-order valence-corrected chi connectivity index (χ2v) is 9.73. The van der Waals surface area contributed by atoms with Gasteiger partial charge in [0.15, 0.2) is 0 Å². The number of thiazole rings is 1. The Morgan fingerprint density at radius 3 is 2.44 bits per heavy atom. The molecule has 0 bridgehead atoms. The van der Waals surface area contributed by atoms with Crippen molar-refractivity contribution in [2.75, 3.05) is 4.72 Å². The van der Waals surface area contributed by atoms with E-state index < -0.39 is 10.0 Å². The molecule has 0 saturated heterocycles. The molecule has 0 spiro atoms. The van der Waals surface area contributed by atoms with Gasteiger partial charge in [0.1, 0.15) is 0 Å². The second kappa shape index (κ2) is 7.86. The van der Waals surface area contributed by atoms with Gasteiger partial charge in [-0.3, -0.25) is 14.1 Å². The molecular formula is C20H24N2O3S2. The molecule has 0 unspecified atom stereocenters. The van der Waals surface area contributed by atoms with Gasteiger partial charge in [0.2, 0.25) is 0 Å². The number of hydrogen-bond acceptors (Lipinski definition) is 4. The molecule has 7 heteroatoms. The van der Waals surface area contributed by atoms with Crippen LogP contribution in [0.1, 0.15) is 32.8 Å². The maximum Gasteiger partial charge on any atom is 0.308 e. The fraction of sp³-hybridized carbons (Fsp3) is 0.350. The Bertz CT molecular complexity index is 1090. The lowest BCUT2D eigenvalue weighted by molar-refractivity contribution is 0.601. The minimum absolute atomic E-state index is 0.0207. The molecule has 0 radical (unpaired) electrons. The number of benzene rings is 2. The predicted octanol–water partition coefficient (Wildman–Crippen LogP) is 4.47. The van der Waals surface area contributed by atoms with E-state index in [9.17, 15) is 13.2 Å². The molecule has 2 aromatic carbocycles. The Hall–Kier alpha value is -2.12. The highest BCUT2D eigenvalue weighted by Gasteiger charge is 2.15. The van der Waals surface area contributed by atoms with Crippen LogP contribution in [0.5, 0.6) is 0 Å². The zero-order chi connectivity index (χ0) is 19.6. The zero-order valence-corrected chi connectivity index (χ0v) is 17.4. The highest BCUT2D eigenvalue weighted by molar-refractivity contribution is 7.92. The molecule has 0 aliphatic rings. The summed E-state index contributed by atoms with van der Waals surface area (Å²) in [6, 6.07) is 12.2. The minimum Gasteiger partial charge on any atom is -0.299 e.